The van der Waals surface area contributed by atoms with Gasteiger partial charge in [-0.25, -0.2) is 0 Å². The summed E-state index contributed by atoms with van der Waals surface area (Å²) in [6.45, 7) is 10.5. The largest absolute Gasteiger partial charge is 0.375 e. The summed E-state index contributed by atoms with van der Waals surface area (Å²) in [4.78, 5) is 2.41. The lowest BCUT2D eigenvalue weighted by Crippen LogP contribution is -2.45. The molecule has 1 heterocycles. The molecule has 15 heavy (non-hydrogen) atoms. The molecule has 0 aromatic rings. The van der Waals surface area contributed by atoms with E-state index in [0.717, 1.165) is 19.7 Å². The smallest absolute Gasteiger partial charge is 0.0600 e. The van der Waals surface area contributed by atoms with E-state index in [9.17, 15) is 0 Å². The van der Waals surface area contributed by atoms with Crippen LogP contribution in [0.15, 0.2) is 0 Å². The minimum absolute atomic E-state index is 0.00828. The number of likely N-dealkylation sites (N-methyl/N-ethyl adjacent to an activating group) is 1. The molecule has 1 unspecified atom stereocenters. The van der Waals surface area contributed by atoms with Crippen LogP contribution in [0.5, 0.6) is 0 Å². The van der Waals surface area contributed by atoms with Crippen LogP contribution < -0.4 is 5.32 Å². The van der Waals surface area contributed by atoms with Crippen molar-refractivity contribution in [1.82, 2.24) is 10.2 Å². The topological polar surface area (TPSA) is 24.5 Å². The summed E-state index contributed by atoms with van der Waals surface area (Å²) >= 11 is 0. The first-order chi connectivity index (χ1) is 6.99. The minimum atomic E-state index is -0.00828. The third-order valence-corrected chi connectivity index (χ3v) is 2.87. The lowest BCUT2D eigenvalue weighted by Gasteiger charge is -2.32. The predicted molar refractivity (Wildman–Crippen MR) is 64.2 cm³/mol. The lowest BCUT2D eigenvalue weighted by molar-refractivity contribution is -0.0153. The summed E-state index contributed by atoms with van der Waals surface area (Å²) in [6.07, 6.45) is 2.62. The van der Waals surface area contributed by atoms with Gasteiger partial charge in [0.15, 0.2) is 0 Å². The molecule has 1 atom stereocenters. The molecule has 0 saturated carbocycles. The van der Waals surface area contributed by atoms with E-state index < -0.39 is 0 Å². The first-order valence-corrected chi connectivity index (χ1v) is 6.04. The zero-order valence-corrected chi connectivity index (χ0v) is 10.7. The van der Waals surface area contributed by atoms with Crippen molar-refractivity contribution >= 4 is 0 Å². The van der Waals surface area contributed by atoms with Gasteiger partial charge in [-0.15, -0.1) is 0 Å². The van der Waals surface area contributed by atoms with Crippen LogP contribution in [0.1, 0.15) is 33.6 Å². The highest BCUT2D eigenvalue weighted by Crippen LogP contribution is 2.10. The fraction of sp³-hybridized carbons (Fsp3) is 1.00. The SMILES string of the molecule is CN(CCOC(C)(C)C)C1CCCNC1. The van der Waals surface area contributed by atoms with Crippen molar-refractivity contribution in [2.75, 3.05) is 33.3 Å². The summed E-state index contributed by atoms with van der Waals surface area (Å²) in [6, 6.07) is 0.697. The van der Waals surface area contributed by atoms with Crippen molar-refractivity contribution in [2.24, 2.45) is 0 Å². The summed E-state index contributed by atoms with van der Waals surface area (Å²) in [5.41, 5.74) is -0.00828. The monoisotopic (exact) mass is 214 g/mol. The van der Waals surface area contributed by atoms with E-state index in [1.807, 2.05) is 0 Å². The van der Waals surface area contributed by atoms with Crippen LogP contribution >= 0.6 is 0 Å². The van der Waals surface area contributed by atoms with Gasteiger partial charge < -0.3 is 10.1 Å². The fourth-order valence-corrected chi connectivity index (χ4v) is 1.89. The molecule has 0 aromatic carbocycles. The standard InChI is InChI=1S/C12H26N2O/c1-12(2,3)15-9-8-14(4)11-6-5-7-13-10-11/h11,13H,5-10H2,1-4H3. The van der Waals surface area contributed by atoms with Crippen LogP contribution in [0.2, 0.25) is 0 Å². The van der Waals surface area contributed by atoms with Gasteiger partial charge in [-0.3, -0.25) is 4.90 Å². The number of nitrogens with one attached hydrogen (secondary N) is 1. The molecule has 0 aliphatic carbocycles. The number of hydrogen-bond donors (Lipinski definition) is 1. The van der Waals surface area contributed by atoms with E-state index in [4.69, 9.17) is 4.74 Å². The zero-order chi connectivity index (χ0) is 11.3. The Morgan fingerprint density at radius 2 is 2.13 bits per heavy atom. The molecule has 3 nitrogen and oxygen atoms in total. The maximum atomic E-state index is 5.73. The van der Waals surface area contributed by atoms with E-state index in [0.29, 0.717) is 6.04 Å². The molecule has 1 N–H and O–H groups in total. The van der Waals surface area contributed by atoms with E-state index >= 15 is 0 Å². The number of piperidine rings is 1. The molecule has 3 heteroatoms. The highest BCUT2D eigenvalue weighted by Gasteiger charge is 2.18. The Morgan fingerprint density at radius 1 is 1.40 bits per heavy atom. The Hall–Kier alpha value is -0.120. The third kappa shape index (κ3) is 5.50. The second-order valence-corrected chi connectivity index (χ2v) is 5.44. The van der Waals surface area contributed by atoms with Crippen LogP contribution in [0.25, 0.3) is 0 Å². The van der Waals surface area contributed by atoms with Crippen molar-refractivity contribution in [3.63, 3.8) is 0 Å². The van der Waals surface area contributed by atoms with Gasteiger partial charge in [-0.1, -0.05) is 0 Å². The highest BCUT2D eigenvalue weighted by atomic mass is 16.5. The Labute approximate surface area is 94.2 Å². The Balaban J connectivity index is 2.14. The van der Waals surface area contributed by atoms with Gasteiger partial charge >= 0.3 is 0 Å². The number of nitrogens with zero attached hydrogens (tertiary/aromatic N) is 1. The van der Waals surface area contributed by atoms with Crippen LogP contribution in [0, 0.1) is 0 Å². The van der Waals surface area contributed by atoms with E-state index in [2.05, 4.69) is 38.0 Å². The average Bonchev–Trinajstić information content (AvgIpc) is 2.17. The Kier molecular flexibility index (Phi) is 5.03. The van der Waals surface area contributed by atoms with Gasteiger partial charge in [0.1, 0.15) is 0 Å². The summed E-state index contributed by atoms with van der Waals surface area (Å²) in [5, 5.41) is 3.44. The summed E-state index contributed by atoms with van der Waals surface area (Å²) < 4.78 is 5.73. The van der Waals surface area contributed by atoms with Gasteiger partial charge in [-0.2, -0.15) is 0 Å². The van der Waals surface area contributed by atoms with Gasteiger partial charge in [0.2, 0.25) is 0 Å². The molecule has 1 fully saturated rings. The number of hydrogen-bond acceptors (Lipinski definition) is 3. The molecule has 1 rings (SSSR count). The molecule has 1 aliphatic heterocycles. The molecule has 1 aliphatic rings. The first-order valence-electron chi connectivity index (χ1n) is 6.04. The average molecular weight is 214 g/mol. The second-order valence-electron chi connectivity index (χ2n) is 5.44. The summed E-state index contributed by atoms with van der Waals surface area (Å²) in [5.74, 6) is 0. The zero-order valence-electron chi connectivity index (χ0n) is 10.7. The lowest BCUT2D eigenvalue weighted by atomic mass is 10.1. The third-order valence-electron chi connectivity index (χ3n) is 2.87. The van der Waals surface area contributed by atoms with Crippen LogP contribution in [-0.4, -0.2) is 49.8 Å². The van der Waals surface area contributed by atoms with Crippen molar-refractivity contribution in [2.45, 2.75) is 45.3 Å². The number of rotatable bonds is 4. The first kappa shape index (κ1) is 12.9. The van der Waals surface area contributed by atoms with Gasteiger partial charge in [-0.05, 0) is 47.2 Å². The maximum absolute atomic E-state index is 5.73. The second kappa shape index (κ2) is 5.83. The van der Waals surface area contributed by atoms with Crippen LogP contribution in [-0.2, 0) is 4.74 Å². The van der Waals surface area contributed by atoms with Crippen molar-refractivity contribution in [1.29, 1.82) is 0 Å². The molecule has 90 valence electrons. The molecule has 0 aromatic heterocycles. The molecule has 1 saturated heterocycles. The van der Waals surface area contributed by atoms with Crippen molar-refractivity contribution in [3.05, 3.63) is 0 Å². The normalized spacial score (nSPS) is 23.4. The highest BCUT2D eigenvalue weighted by molar-refractivity contribution is 4.76. The van der Waals surface area contributed by atoms with Crippen LogP contribution in [0.4, 0.5) is 0 Å². The summed E-state index contributed by atoms with van der Waals surface area (Å²) in [7, 11) is 2.20. The maximum Gasteiger partial charge on any atom is 0.0600 e. The molecule has 0 bridgehead atoms. The molecule has 0 spiro atoms. The Bertz CT molecular complexity index is 171. The van der Waals surface area contributed by atoms with Gasteiger partial charge in [0, 0.05) is 19.1 Å². The Morgan fingerprint density at radius 3 is 2.67 bits per heavy atom. The predicted octanol–water partition coefficient (Wildman–Crippen LogP) is 1.49. The molecular formula is C12H26N2O. The quantitative estimate of drug-likeness (QED) is 0.767. The molecule has 0 amide bonds. The van der Waals surface area contributed by atoms with Crippen molar-refractivity contribution in [3.8, 4) is 0 Å². The van der Waals surface area contributed by atoms with Gasteiger partial charge in [0.05, 0.1) is 12.2 Å². The van der Waals surface area contributed by atoms with Gasteiger partial charge in [0.25, 0.3) is 0 Å². The van der Waals surface area contributed by atoms with E-state index in [1.165, 1.54) is 19.4 Å². The number of ether oxygens (including phenoxy) is 1. The fourth-order valence-electron chi connectivity index (χ4n) is 1.89. The molecular weight excluding hydrogens is 188 g/mol. The van der Waals surface area contributed by atoms with Crippen LogP contribution in [0.3, 0.4) is 0 Å². The molecule has 0 radical (unpaired) electrons. The minimum Gasteiger partial charge on any atom is -0.375 e. The van der Waals surface area contributed by atoms with E-state index in [-0.39, 0.29) is 5.60 Å². The van der Waals surface area contributed by atoms with Crippen molar-refractivity contribution < 1.29 is 4.74 Å². The van der Waals surface area contributed by atoms with E-state index in [1.54, 1.807) is 0 Å².